The van der Waals surface area contributed by atoms with Gasteiger partial charge in [-0.15, -0.1) is 0 Å². The highest BCUT2D eigenvalue weighted by Gasteiger charge is 1.97. The van der Waals surface area contributed by atoms with Crippen molar-refractivity contribution in [2.24, 2.45) is 5.92 Å². The minimum atomic E-state index is 0.703. The summed E-state index contributed by atoms with van der Waals surface area (Å²) in [5.41, 5.74) is 2.46. The van der Waals surface area contributed by atoms with E-state index in [9.17, 15) is 0 Å². The highest BCUT2D eigenvalue weighted by molar-refractivity contribution is 7.98. The van der Waals surface area contributed by atoms with E-state index in [4.69, 9.17) is 9.47 Å². The van der Waals surface area contributed by atoms with Crippen molar-refractivity contribution < 1.29 is 9.47 Å². The molecule has 0 bridgehead atoms. The fourth-order valence-electron chi connectivity index (χ4n) is 1.57. The van der Waals surface area contributed by atoms with Crippen LogP contribution in [0.25, 0.3) is 0 Å². The molecule has 0 aliphatic heterocycles. The fraction of sp³-hybridized carbons (Fsp3) is 0.625. The molecule has 0 aliphatic carbocycles. The molecule has 0 atom stereocenters. The van der Waals surface area contributed by atoms with Crippen LogP contribution in [0.1, 0.15) is 31.4 Å². The molecular weight excluding hydrogens is 256 g/mol. The molecule has 0 aliphatic rings. The Morgan fingerprint density at radius 1 is 0.947 bits per heavy atom. The van der Waals surface area contributed by atoms with Crippen molar-refractivity contribution in [1.29, 1.82) is 0 Å². The van der Waals surface area contributed by atoms with Crippen molar-refractivity contribution in [3.8, 4) is 0 Å². The van der Waals surface area contributed by atoms with Gasteiger partial charge in [-0.3, -0.25) is 0 Å². The summed E-state index contributed by atoms with van der Waals surface area (Å²) in [5.74, 6) is 1.77. The first-order valence-corrected chi connectivity index (χ1v) is 8.34. The molecule has 0 saturated heterocycles. The third kappa shape index (κ3) is 8.30. The molecule has 1 aromatic rings. The van der Waals surface area contributed by atoms with E-state index < -0.39 is 0 Å². The van der Waals surface area contributed by atoms with E-state index in [2.05, 4.69) is 44.4 Å². The Hall–Kier alpha value is -0.510. The average molecular weight is 282 g/mol. The lowest BCUT2D eigenvalue weighted by atomic mass is 10.1. The molecule has 0 amide bonds. The number of benzene rings is 1. The normalized spacial score (nSPS) is 11.2. The van der Waals surface area contributed by atoms with Crippen LogP contribution in [0.15, 0.2) is 24.3 Å². The van der Waals surface area contributed by atoms with Gasteiger partial charge in [-0.05, 0) is 29.7 Å². The predicted molar refractivity (Wildman–Crippen MR) is 83.6 cm³/mol. The van der Waals surface area contributed by atoms with E-state index in [1.807, 2.05) is 11.8 Å². The van der Waals surface area contributed by atoms with Crippen LogP contribution in [0.4, 0.5) is 0 Å². The van der Waals surface area contributed by atoms with E-state index in [0.717, 1.165) is 25.4 Å². The highest BCUT2D eigenvalue weighted by Crippen LogP contribution is 2.08. The van der Waals surface area contributed by atoms with Gasteiger partial charge in [0.2, 0.25) is 0 Å². The first-order valence-electron chi connectivity index (χ1n) is 6.94. The molecule has 108 valence electrons. The van der Waals surface area contributed by atoms with Crippen molar-refractivity contribution in [3.63, 3.8) is 0 Å². The largest absolute Gasteiger partial charge is 0.377 e. The molecule has 0 radical (unpaired) electrons. The van der Waals surface area contributed by atoms with E-state index in [-0.39, 0.29) is 0 Å². The molecular formula is C16H26O2S. The van der Waals surface area contributed by atoms with Crippen LogP contribution in [0.3, 0.4) is 0 Å². The lowest BCUT2D eigenvalue weighted by molar-refractivity contribution is 0.110. The third-order valence-electron chi connectivity index (χ3n) is 2.83. The molecule has 1 aromatic carbocycles. The van der Waals surface area contributed by atoms with Crippen LogP contribution >= 0.6 is 11.8 Å². The first kappa shape index (κ1) is 16.5. The van der Waals surface area contributed by atoms with Crippen LogP contribution in [0.2, 0.25) is 0 Å². The minimum Gasteiger partial charge on any atom is -0.377 e. The lowest BCUT2D eigenvalue weighted by Gasteiger charge is -2.08. The Morgan fingerprint density at radius 3 is 1.95 bits per heavy atom. The van der Waals surface area contributed by atoms with Crippen molar-refractivity contribution in [3.05, 3.63) is 35.4 Å². The average Bonchev–Trinajstić information content (AvgIpc) is 2.41. The smallest absolute Gasteiger partial charge is 0.0717 e. The summed E-state index contributed by atoms with van der Waals surface area (Å²) in [4.78, 5) is 0. The maximum atomic E-state index is 5.65. The van der Waals surface area contributed by atoms with Gasteiger partial charge in [0.05, 0.1) is 19.8 Å². The van der Waals surface area contributed by atoms with Gasteiger partial charge < -0.3 is 9.47 Å². The second-order valence-corrected chi connectivity index (χ2v) is 6.08. The number of rotatable bonds is 10. The molecule has 0 fully saturated rings. The van der Waals surface area contributed by atoms with Gasteiger partial charge >= 0.3 is 0 Å². The van der Waals surface area contributed by atoms with Gasteiger partial charge in [0, 0.05) is 12.4 Å². The van der Waals surface area contributed by atoms with E-state index in [0.29, 0.717) is 19.1 Å². The molecule has 0 aromatic heterocycles. The zero-order valence-corrected chi connectivity index (χ0v) is 13.2. The van der Waals surface area contributed by atoms with Crippen molar-refractivity contribution in [1.82, 2.24) is 0 Å². The Kier molecular flexibility index (Phi) is 8.97. The van der Waals surface area contributed by atoms with Crippen LogP contribution < -0.4 is 0 Å². The maximum absolute atomic E-state index is 5.65. The third-order valence-corrected chi connectivity index (χ3v) is 3.41. The van der Waals surface area contributed by atoms with E-state index in [1.165, 1.54) is 11.1 Å². The van der Waals surface area contributed by atoms with Crippen LogP contribution in [0.5, 0.6) is 0 Å². The van der Waals surface area contributed by atoms with Crippen molar-refractivity contribution in [2.45, 2.75) is 33.5 Å². The molecule has 3 heteroatoms. The Balaban J connectivity index is 2.19. The molecule has 0 unspecified atom stereocenters. The lowest BCUT2D eigenvalue weighted by Crippen LogP contribution is -2.00. The molecule has 0 saturated carbocycles. The maximum Gasteiger partial charge on any atom is 0.0717 e. The van der Waals surface area contributed by atoms with E-state index in [1.54, 1.807) is 0 Å². The van der Waals surface area contributed by atoms with Gasteiger partial charge in [-0.25, -0.2) is 0 Å². The zero-order valence-electron chi connectivity index (χ0n) is 12.4. The van der Waals surface area contributed by atoms with Crippen molar-refractivity contribution >= 4 is 11.8 Å². The summed E-state index contributed by atoms with van der Waals surface area (Å²) in [7, 11) is 0. The standard InChI is InChI=1S/C16H26O2S/c1-14(2)8-9-17-12-15-4-6-16(7-5-15)13-18-10-11-19-3/h4-7,14H,8-13H2,1-3H3. The minimum absolute atomic E-state index is 0.703. The van der Waals surface area contributed by atoms with Gasteiger partial charge in [0.15, 0.2) is 0 Å². The van der Waals surface area contributed by atoms with Gasteiger partial charge in [0.1, 0.15) is 0 Å². The summed E-state index contributed by atoms with van der Waals surface area (Å²) in [6, 6.07) is 8.51. The molecule has 0 heterocycles. The van der Waals surface area contributed by atoms with Crippen molar-refractivity contribution in [2.75, 3.05) is 25.2 Å². The number of hydrogen-bond acceptors (Lipinski definition) is 3. The SMILES string of the molecule is CSCCOCc1ccc(COCCC(C)C)cc1. The zero-order chi connectivity index (χ0) is 13.9. The van der Waals surface area contributed by atoms with Gasteiger partial charge in [-0.2, -0.15) is 11.8 Å². The second-order valence-electron chi connectivity index (χ2n) is 5.10. The number of hydrogen-bond donors (Lipinski definition) is 0. The summed E-state index contributed by atoms with van der Waals surface area (Å²) in [6.07, 6.45) is 3.22. The first-order chi connectivity index (χ1) is 9.22. The monoisotopic (exact) mass is 282 g/mol. The molecule has 0 N–H and O–H groups in total. The fourth-order valence-corrected chi connectivity index (χ4v) is 1.86. The topological polar surface area (TPSA) is 18.5 Å². The van der Waals surface area contributed by atoms with Crippen LogP contribution in [-0.2, 0) is 22.7 Å². The predicted octanol–water partition coefficient (Wildman–Crippen LogP) is 4.13. The van der Waals surface area contributed by atoms with Crippen LogP contribution in [-0.4, -0.2) is 25.2 Å². The summed E-state index contributed by atoms with van der Waals surface area (Å²) in [6.45, 7) is 7.51. The molecule has 1 rings (SSSR count). The summed E-state index contributed by atoms with van der Waals surface area (Å²) in [5, 5.41) is 0. The quantitative estimate of drug-likeness (QED) is 0.601. The van der Waals surface area contributed by atoms with Gasteiger partial charge in [0.25, 0.3) is 0 Å². The molecule has 2 nitrogen and oxygen atoms in total. The Labute approximate surface area is 121 Å². The molecule has 19 heavy (non-hydrogen) atoms. The Bertz CT molecular complexity index is 322. The number of thioether (sulfide) groups is 1. The summed E-state index contributed by atoms with van der Waals surface area (Å²) >= 11 is 1.81. The highest BCUT2D eigenvalue weighted by atomic mass is 32.2. The van der Waals surface area contributed by atoms with Crippen LogP contribution in [0, 0.1) is 5.92 Å². The summed E-state index contributed by atoms with van der Waals surface area (Å²) < 4.78 is 11.2. The second kappa shape index (κ2) is 10.3. The molecule has 0 spiro atoms. The Morgan fingerprint density at radius 2 is 1.47 bits per heavy atom. The number of ether oxygens (including phenoxy) is 2. The van der Waals surface area contributed by atoms with E-state index >= 15 is 0 Å². The van der Waals surface area contributed by atoms with Gasteiger partial charge in [-0.1, -0.05) is 38.1 Å².